The van der Waals surface area contributed by atoms with Gasteiger partial charge in [0.05, 0.1) is 12.8 Å². The first kappa shape index (κ1) is 14.7. The summed E-state index contributed by atoms with van der Waals surface area (Å²) in [6, 6.07) is 5.23. The Morgan fingerprint density at radius 2 is 2.15 bits per heavy atom. The van der Waals surface area contributed by atoms with Gasteiger partial charge in [0, 0.05) is 12.1 Å². The number of anilines is 2. The topological polar surface area (TPSA) is 67.6 Å². The molecule has 0 aromatic heterocycles. The zero-order chi connectivity index (χ0) is 14.4. The van der Waals surface area contributed by atoms with E-state index in [9.17, 15) is 4.79 Å². The van der Waals surface area contributed by atoms with Gasteiger partial charge in [0.25, 0.3) is 0 Å². The fourth-order valence-corrected chi connectivity index (χ4v) is 2.51. The number of ether oxygens (including phenoxy) is 1. The van der Waals surface area contributed by atoms with Crippen LogP contribution in [-0.2, 0) is 4.79 Å². The van der Waals surface area contributed by atoms with Crippen LogP contribution in [0.3, 0.4) is 0 Å². The number of methoxy groups -OCH3 is 1. The van der Waals surface area contributed by atoms with Crippen molar-refractivity contribution in [1.82, 2.24) is 4.90 Å². The molecule has 0 spiro atoms. The fraction of sp³-hybridized carbons (Fsp3) is 0.533. The number of nitrogens with zero attached hydrogens (tertiary/aromatic N) is 1. The zero-order valence-electron chi connectivity index (χ0n) is 12.0. The van der Waals surface area contributed by atoms with Crippen LogP contribution in [0.25, 0.3) is 0 Å². The van der Waals surface area contributed by atoms with Gasteiger partial charge in [0.2, 0.25) is 5.91 Å². The standard InChI is InChI=1S/C15H23N3O2/c1-20-14-7-6-12(16)11-13(14)17-15(19)5-4-10-18-8-2-3-9-18/h6-7,11H,2-5,8-10,16H2,1H3,(H,17,19). The maximum Gasteiger partial charge on any atom is 0.224 e. The van der Waals surface area contributed by atoms with Gasteiger partial charge in [-0.05, 0) is 57.1 Å². The van der Waals surface area contributed by atoms with Crippen molar-refractivity contribution in [2.75, 3.05) is 37.8 Å². The number of hydrogen-bond acceptors (Lipinski definition) is 4. The minimum Gasteiger partial charge on any atom is -0.495 e. The Labute approximate surface area is 120 Å². The number of likely N-dealkylation sites (tertiary alicyclic amines) is 1. The van der Waals surface area contributed by atoms with Crippen molar-refractivity contribution >= 4 is 17.3 Å². The molecule has 0 atom stereocenters. The third-order valence-corrected chi connectivity index (χ3v) is 3.57. The Morgan fingerprint density at radius 1 is 1.40 bits per heavy atom. The smallest absolute Gasteiger partial charge is 0.224 e. The van der Waals surface area contributed by atoms with E-state index in [1.165, 1.54) is 25.9 Å². The average Bonchev–Trinajstić information content (AvgIpc) is 2.92. The van der Waals surface area contributed by atoms with Crippen LogP contribution in [0.15, 0.2) is 18.2 Å². The number of nitrogens with two attached hydrogens (primary N) is 1. The van der Waals surface area contributed by atoms with Gasteiger partial charge in [0.1, 0.15) is 5.75 Å². The van der Waals surface area contributed by atoms with Crippen LogP contribution in [0.2, 0.25) is 0 Å². The Bertz CT molecular complexity index is 456. The molecule has 1 aliphatic heterocycles. The van der Waals surface area contributed by atoms with Gasteiger partial charge >= 0.3 is 0 Å². The molecule has 1 fully saturated rings. The molecule has 20 heavy (non-hydrogen) atoms. The highest BCUT2D eigenvalue weighted by molar-refractivity contribution is 5.92. The third-order valence-electron chi connectivity index (χ3n) is 3.57. The summed E-state index contributed by atoms with van der Waals surface area (Å²) < 4.78 is 5.21. The molecule has 0 saturated carbocycles. The lowest BCUT2D eigenvalue weighted by atomic mass is 10.2. The number of nitrogen functional groups attached to an aromatic ring is 1. The second-order valence-electron chi connectivity index (χ2n) is 5.16. The monoisotopic (exact) mass is 277 g/mol. The second kappa shape index (κ2) is 7.14. The molecular weight excluding hydrogens is 254 g/mol. The predicted molar refractivity (Wildman–Crippen MR) is 80.9 cm³/mol. The molecule has 1 amide bonds. The van der Waals surface area contributed by atoms with Gasteiger partial charge in [-0.3, -0.25) is 4.79 Å². The van der Waals surface area contributed by atoms with E-state index in [0.717, 1.165) is 13.0 Å². The lowest BCUT2D eigenvalue weighted by molar-refractivity contribution is -0.116. The molecule has 5 heteroatoms. The molecule has 0 radical (unpaired) electrons. The van der Waals surface area contributed by atoms with Crippen molar-refractivity contribution < 1.29 is 9.53 Å². The summed E-state index contributed by atoms with van der Waals surface area (Å²) in [6.45, 7) is 3.34. The third kappa shape index (κ3) is 4.13. The Morgan fingerprint density at radius 3 is 2.85 bits per heavy atom. The van der Waals surface area contributed by atoms with E-state index in [0.29, 0.717) is 23.5 Å². The van der Waals surface area contributed by atoms with Gasteiger partial charge in [0.15, 0.2) is 0 Å². The molecular formula is C15H23N3O2. The van der Waals surface area contributed by atoms with E-state index in [1.807, 2.05) is 0 Å². The SMILES string of the molecule is COc1ccc(N)cc1NC(=O)CCCN1CCCC1. The maximum atomic E-state index is 11.9. The van der Waals surface area contributed by atoms with E-state index < -0.39 is 0 Å². The van der Waals surface area contributed by atoms with E-state index in [2.05, 4.69) is 10.2 Å². The van der Waals surface area contributed by atoms with E-state index >= 15 is 0 Å². The van der Waals surface area contributed by atoms with Crippen LogP contribution in [-0.4, -0.2) is 37.6 Å². The Kier molecular flexibility index (Phi) is 5.24. The van der Waals surface area contributed by atoms with Crippen molar-refractivity contribution in [2.24, 2.45) is 0 Å². The zero-order valence-corrected chi connectivity index (χ0v) is 12.0. The summed E-state index contributed by atoms with van der Waals surface area (Å²) in [5, 5.41) is 2.87. The first-order valence-corrected chi connectivity index (χ1v) is 7.15. The average molecular weight is 277 g/mol. The van der Waals surface area contributed by atoms with Crippen molar-refractivity contribution in [3.8, 4) is 5.75 Å². The summed E-state index contributed by atoms with van der Waals surface area (Å²) in [7, 11) is 1.58. The number of carbonyl (C=O) groups is 1. The summed E-state index contributed by atoms with van der Waals surface area (Å²) >= 11 is 0. The molecule has 0 unspecified atom stereocenters. The summed E-state index contributed by atoms with van der Waals surface area (Å²) in [5.74, 6) is 0.639. The van der Waals surface area contributed by atoms with Gasteiger partial charge in [-0.1, -0.05) is 0 Å². The predicted octanol–water partition coefficient (Wildman–Crippen LogP) is 2.09. The van der Waals surface area contributed by atoms with Crippen molar-refractivity contribution in [2.45, 2.75) is 25.7 Å². The first-order valence-electron chi connectivity index (χ1n) is 7.15. The molecule has 3 N–H and O–H groups in total. The summed E-state index contributed by atoms with van der Waals surface area (Å²) in [6.07, 6.45) is 3.98. The minimum absolute atomic E-state index is 0.00750. The number of rotatable bonds is 6. The maximum absolute atomic E-state index is 11.9. The normalized spacial score (nSPS) is 15.2. The van der Waals surface area contributed by atoms with Gasteiger partial charge in [-0.25, -0.2) is 0 Å². The van der Waals surface area contributed by atoms with Crippen molar-refractivity contribution in [3.63, 3.8) is 0 Å². The molecule has 2 rings (SSSR count). The highest BCUT2D eigenvalue weighted by atomic mass is 16.5. The molecule has 0 aliphatic carbocycles. The molecule has 110 valence electrons. The summed E-state index contributed by atoms with van der Waals surface area (Å²) in [4.78, 5) is 14.4. The van der Waals surface area contributed by atoms with Crippen LogP contribution in [0.4, 0.5) is 11.4 Å². The molecule has 1 aromatic carbocycles. The number of carbonyl (C=O) groups excluding carboxylic acids is 1. The van der Waals surface area contributed by atoms with E-state index in [4.69, 9.17) is 10.5 Å². The van der Waals surface area contributed by atoms with Crippen molar-refractivity contribution in [1.29, 1.82) is 0 Å². The number of benzene rings is 1. The van der Waals surface area contributed by atoms with Gasteiger partial charge in [-0.2, -0.15) is 0 Å². The molecule has 1 heterocycles. The van der Waals surface area contributed by atoms with Crippen LogP contribution in [0.1, 0.15) is 25.7 Å². The van der Waals surface area contributed by atoms with Crippen LogP contribution >= 0.6 is 0 Å². The fourth-order valence-electron chi connectivity index (χ4n) is 2.51. The molecule has 1 aliphatic rings. The van der Waals surface area contributed by atoms with Gasteiger partial charge < -0.3 is 20.7 Å². The Hall–Kier alpha value is -1.75. The van der Waals surface area contributed by atoms with E-state index in [-0.39, 0.29) is 5.91 Å². The van der Waals surface area contributed by atoms with Gasteiger partial charge in [-0.15, -0.1) is 0 Å². The number of hydrogen-bond donors (Lipinski definition) is 2. The first-order chi connectivity index (χ1) is 9.69. The summed E-state index contributed by atoms with van der Waals surface area (Å²) in [5.41, 5.74) is 6.97. The molecule has 0 bridgehead atoms. The second-order valence-corrected chi connectivity index (χ2v) is 5.16. The molecule has 1 saturated heterocycles. The Balaban J connectivity index is 1.80. The highest BCUT2D eigenvalue weighted by Crippen LogP contribution is 2.26. The van der Waals surface area contributed by atoms with Crippen LogP contribution in [0.5, 0.6) is 5.75 Å². The quantitative estimate of drug-likeness (QED) is 0.781. The van der Waals surface area contributed by atoms with Crippen LogP contribution < -0.4 is 15.8 Å². The molecule has 1 aromatic rings. The van der Waals surface area contributed by atoms with E-state index in [1.54, 1.807) is 25.3 Å². The molecule has 5 nitrogen and oxygen atoms in total. The largest absolute Gasteiger partial charge is 0.495 e. The number of nitrogens with one attached hydrogen (secondary N) is 1. The van der Waals surface area contributed by atoms with Crippen LogP contribution in [0, 0.1) is 0 Å². The minimum atomic E-state index is 0.00750. The lowest BCUT2D eigenvalue weighted by Gasteiger charge is -2.14. The number of amides is 1. The highest BCUT2D eigenvalue weighted by Gasteiger charge is 2.12. The van der Waals surface area contributed by atoms with Crippen molar-refractivity contribution in [3.05, 3.63) is 18.2 Å². The lowest BCUT2D eigenvalue weighted by Crippen LogP contribution is -2.22.